The normalized spacial score (nSPS) is 11.3. The number of nitro benzene ring substituents is 1. The molecule has 108 valence electrons. The first kappa shape index (κ1) is 13.0. The summed E-state index contributed by atoms with van der Waals surface area (Å²) in [5.74, 6) is 0.288. The molecule has 22 heavy (non-hydrogen) atoms. The zero-order valence-corrected chi connectivity index (χ0v) is 12.5. The minimum absolute atomic E-state index is 0.0252. The van der Waals surface area contributed by atoms with E-state index in [1.807, 2.05) is 30.3 Å². The van der Waals surface area contributed by atoms with Gasteiger partial charge in [0.25, 0.3) is 0 Å². The van der Waals surface area contributed by atoms with E-state index in [0.29, 0.717) is 5.39 Å². The third-order valence-corrected chi connectivity index (χ3v) is 5.01. The van der Waals surface area contributed by atoms with Gasteiger partial charge in [0.2, 0.25) is 0 Å². The van der Waals surface area contributed by atoms with Gasteiger partial charge in [-0.3, -0.25) is 10.1 Å². The van der Waals surface area contributed by atoms with Gasteiger partial charge in [-0.25, -0.2) is 0 Å². The maximum atomic E-state index is 11.5. The highest BCUT2D eigenvalue weighted by molar-refractivity contribution is 7.26. The van der Waals surface area contributed by atoms with Gasteiger partial charge in [0.1, 0.15) is 0 Å². The first-order valence-corrected chi connectivity index (χ1v) is 7.57. The van der Waals surface area contributed by atoms with Crippen LogP contribution in [0.5, 0.6) is 5.75 Å². The lowest BCUT2D eigenvalue weighted by atomic mass is 10.0. The molecule has 0 saturated heterocycles. The molecular weight excluding hydrogens is 298 g/mol. The summed E-state index contributed by atoms with van der Waals surface area (Å²) in [7, 11) is 1.45. The molecule has 4 nitrogen and oxygen atoms in total. The van der Waals surface area contributed by atoms with Crippen molar-refractivity contribution in [2.75, 3.05) is 7.11 Å². The van der Waals surface area contributed by atoms with Gasteiger partial charge in [0.15, 0.2) is 5.75 Å². The molecular formula is C17H11NO3S. The Labute approximate surface area is 129 Å². The number of nitro groups is 1. The van der Waals surface area contributed by atoms with Crippen LogP contribution in [0.1, 0.15) is 0 Å². The van der Waals surface area contributed by atoms with E-state index in [1.165, 1.54) is 11.8 Å². The van der Waals surface area contributed by atoms with E-state index in [9.17, 15) is 10.1 Å². The van der Waals surface area contributed by atoms with Crippen LogP contribution in [0, 0.1) is 10.1 Å². The van der Waals surface area contributed by atoms with Crippen LogP contribution in [0.2, 0.25) is 0 Å². The van der Waals surface area contributed by atoms with Crippen molar-refractivity contribution in [1.82, 2.24) is 0 Å². The minimum Gasteiger partial charge on any atom is -0.490 e. The summed E-state index contributed by atoms with van der Waals surface area (Å²) >= 11 is 1.70. The second-order valence-corrected chi connectivity index (χ2v) is 6.09. The van der Waals surface area contributed by atoms with Crippen LogP contribution in [0.25, 0.3) is 30.9 Å². The van der Waals surface area contributed by atoms with Crippen molar-refractivity contribution in [3.63, 3.8) is 0 Å². The highest BCUT2D eigenvalue weighted by Crippen LogP contribution is 2.43. The number of hydrogen-bond donors (Lipinski definition) is 0. The van der Waals surface area contributed by atoms with Gasteiger partial charge < -0.3 is 4.74 Å². The van der Waals surface area contributed by atoms with Gasteiger partial charge >= 0.3 is 5.69 Å². The molecule has 0 bridgehead atoms. The molecule has 0 amide bonds. The molecule has 4 aromatic rings. The summed E-state index contributed by atoms with van der Waals surface area (Å²) < 4.78 is 7.47. The predicted octanol–water partition coefficient (Wildman–Crippen LogP) is 5.12. The van der Waals surface area contributed by atoms with E-state index in [4.69, 9.17) is 4.74 Å². The highest BCUT2D eigenvalue weighted by atomic mass is 32.1. The quantitative estimate of drug-likeness (QED) is 0.381. The van der Waals surface area contributed by atoms with Gasteiger partial charge in [-0.2, -0.15) is 0 Å². The highest BCUT2D eigenvalue weighted by Gasteiger charge is 2.21. The summed E-state index contributed by atoms with van der Waals surface area (Å²) in [6.07, 6.45) is 0. The fraction of sp³-hybridized carbons (Fsp3) is 0.0588. The van der Waals surface area contributed by atoms with E-state index < -0.39 is 0 Å². The Morgan fingerprint density at radius 3 is 2.50 bits per heavy atom. The minimum atomic E-state index is -0.373. The second-order valence-electron chi connectivity index (χ2n) is 5.01. The summed E-state index contributed by atoms with van der Waals surface area (Å²) in [4.78, 5) is 11.1. The van der Waals surface area contributed by atoms with Crippen molar-refractivity contribution in [1.29, 1.82) is 0 Å². The SMILES string of the molecule is COc1ccc2c(ccc3sc4ccccc4c32)c1[N+](=O)[O-]. The van der Waals surface area contributed by atoms with Gasteiger partial charge in [-0.05, 0) is 35.7 Å². The first-order chi connectivity index (χ1) is 10.7. The lowest BCUT2D eigenvalue weighted by molar-refractivity contribution is -0.383. The van der Waals surface area contributed by atoms with Crippen LogP contribution in [0.4, 0.5) is 5.69 Å². The Bertz CT molecular complexity index is 1050. The van der Waals surface area contributed by atoms with E-state index in [0.717, 1.165) is 20.9 Å². The van der Waals surface area contributed by atoms with Crippen molar-refractivity contribution in [3.8, 4) is 5.75 Å². The number of nitrogens with zero attached hydrogens (tertiary/aromatic N) is 1. The Morgan fingerprint density at radius 1 is 0.955 bits per heavy atom. The number of hydrogen-bond acceptors (Lipinski definition) is 4. The maximum Gasteiger partial charge on any atom is 0.318 e. The molecule has 0 aliphatic heterocycles. The molecule has 1 heterocycles. The number of methoxy groups -OCH3 is 1. The zero-order valence-electron chi connectivity index (χ0n) is 11.7. The van der Waals surface area contributed by atoms with Gasteiger partial charge in [-0.1, -0.05) is 18.2 Å². The molecule has 1 aromatic heterocycles. The number of fused-ring (bicyclic) bond motifs is 5. The lowest BCUT2D eigenvalue weighted by Gasteiger charge is -2.06. The smallest absolute Gasteiger partial charge is 0.318 e. The molecule has 0 aliphatic rings. The molecule has 3 aromatic carbocycles. The van der Waals surface area contributed by atoms with Crippen LogP contribution >= 0.6 is 11.3 Å². The molecule has 4 rings (SSSR count). The summed E-state index contributed by atoms with van der Waals surface area (Å²) in [5, 5.41) is 15.2. The zero-order chi connectivity index (χ0) is 15.3. The van der Waals surface area contributed by atoms with Crippen LogP contribution in [-0.2, 0) is 0 Å². The third-order valence-electron chi connectivity index (χ3n) is 3.88. The predicted molar refractivity (Wildman–Crippen MR) is 90.0 cm³/mol. The summed E-state index contributed by atoms with van der Waals surface area (Å²) in [5.41, 5.74) is 0.0252. The topological polar surface area (TPSA) is 52.4 Å². The van der Waals surface area contributed by atoms with Crippen LogP contribution in [0.3, 0.4) is 0 Å². The van der Waals surface area contributed by atoms with Crippen LogP contribution in [0.15, 0.2) is 48.5 Å². The fourth-order valence-corrected chi connectivity index (χ4v) is 4.07. The largest absolute Gasteiger partial charge is 0.490 e. The average Bonchev–Trinajstić information content (AvgIpc) is 2.92. The van der Waals surface area contributed by atoms with Crippen molar-refractivity contribution < 1.29 is 9.66 Å². The summed E-state index contributed by atoms with van der Waals surface area (Å²) in [6.45, 7) is 0. The molecule has 0 saturated carbocycles. The number of ether oxygens (including phenoxy) is 1. The fourth-order valence-electron chi connectivity index (χ4n) is 2.95. The third kappa shape index (κ3) is 1.69. The van der Waals surface area contributed by atoms with Gasteiger partial charge in [-0.15, -0.1) is 11.3 Å². The second kappa shape index (κ2) is 4.68. The van der Waals surface area contributed by atoms with Crippen molar-refractivity contribution in [2.45, 2.75) is 0 Å². The van der Waals surface area contributed by atoms with E-state index >= 15 is 0 Å². The van der Waals surface area contributed by atoms with Gasteiger partial charge in [0.05, 0.1) is 17.4 Å². The number of thiophene rings is 1. The summed E-state index contributed by atoms with van der Waals surface area (Å²) in [6, 6.07) is 15.5. The Morgan fingerprint density at radius 2 is 1.73 bits per heavy atom. The maximum absolute atomic E-state index is 11.5. The molecule has 0 N–H and O–H groups in total. The monoisotopic (exact) mass is 309 g/mol. The standard InChI is InChI=1S/C17H11NO3S/c1-21-13-8-6-10-11(17(13)18(19)20)7-9-15-16(10)12-4-2-3-5-14(12)22-15/h2-9H,1H3. The van der Waals surface area contributed by atoms with Crippen molar-refractivity contribution in [3.05, 3.63) is 58.6 Å². The number of rotatable bonds is 2. The molecule has 0 unspecified atom stereocenters. The molecule has 0 atom stereocenters. The Hall–Kier alpha value is -2.66. The van der Waals surface area contributed by atoms with E-state index in [2.05, 4.69) is 12.1 Å². The van der Waals surface area contributed by atoms with Crippen LogP contribution < -0.4 is 4.74 Å². The van der Waals surface area contributed by atoms with Crippen molar-refractivity contribution in [2.24, 2.45) is 0 Å². The molecule has 0 fully saturated rings. The van der Waals surface area contributed by atoms with Crippen molar-refractivity contribution >= 4 is 48.0 Å². The Balaban J connectivity index is 2.25. The first-order valence-electron chi connectivity index (χ1n) is 6.76. The Kier molecular flexibility index (Phi) is 2.77. The molecule has 0 radical (unpaired) electrons. The molecule has 0 aliphatic carbocycles. The average molecular weight is 309 g/mol. The van der Waals surface area contributed by atoms with E-state index in [1.54, 1.807) is 17.4 Å². The van der Waals surface area contributed by atoms with Gasteiger partial charge in [0, 0.05) is 20.2 Å². The van der Waals surface area contributed by atoms with E-state index in [-0.39, 0.29) is 16.4 Å². The lowest BCUT2D eigenvalue weighted by Crippen LogP contribution is -1.94. The number of benzene rings is 3. The van der Waals surface area contributed by atoms with Crippen LogP contribution in [-0.4, -0.2) is 12.0 Å². The molecule has 5 heteroatoms. The molecule has 0 spiro atoms.